The first-order valence-corrected chi connectivity index (χ1v) is 8.21. The first-order chi connectivity index (χ1) is 11.8. The summed E-state index contributed by atoms with van der Waals surface area (Å²) in [4.78, 5) is 13.1. The third kappa shape index (κ3) is 2.80. The number of rotatable bonds is 5. The SMILES string of the molecule is CCCn1nnnc1CN1CCN(c2cncc3ncnn23)CC1. The lowest BCUT2D eigenvalue weighted by Crippen LogP contribution is -2.47. The van der Waals surface area contributed by atoms with Crippen LogP contribution in [0.15, 0.2) is 18.7 Å². The lowest BCUT2D eigenvalue weighted by molar-refractivity contribution is 0.238. The number of hydrogen-bond acceptors (Lipinski definition) is 8. The van der Waals surface area contributed by atoms with Crippen LogP contribution >= 0.6 is 0 Å². The van der Waals surface area contributed by atoms with E-state index in [1.165, 1.54) is 0 Å². The van der Waals surface area contributed by atoms with E-state index in [-0.39, 0.29) is 0 Å². The van der Waals surface area contributed by atoms with Crippen LogP contribution in [0.5, 0.6) is 0 Å². The Hall–Kier alpha value is -2.62. The molecule has 0 atom stereocenters. The predicted octanol–water partition coefficient (Wildman–Crippen LogP) is -0.157. The van der Waals surface area contributed by atoms with Crippen molar-refractivity contribution in [2.45, 2.75) is 26.4 Å². The van der Waals surface area contributed by atoms with E-state index in [2.05, 4.69) is 47.3 Å². The molecule has 0 N–H and O–H groups in total. The molecule has 0 aromatic carbocycles. The molecule has 0 aliphatic carbocycles. The summed E-state index contributed by atoms with van der Waals surface area (Å²) in [5.74, 6) is 1.92. The van der Waals surface area contributed by atoms with Gasteiger partial charge >= 0.3 is 0 Å². The first-order valence-electron chi connectivity index (χ1n) is 8.21. The van der Waals surface area contributed by atoms with Crippen LogP contribution in [0, 0.1) is 0 Å². The van der Waals surface area contributed by atoms with Crippen LogP contribution < -0.4 is 4.90 Å². The van der Waals surface area contributed by atoms with Crippen LogP contribution in [0.25, 0.3) is 5.65 Å². The van der Waals surface area contributed by atoms with Crippen molar-refractivity contribution in [1.82, 2.24) is 44.7 Å². The van der Waals surface area contributed by atoms with Crippen LogP contribution in [0.4, 0.5) is 5.82 Å². The van der Waals surface area contributed by atoms with Crippen molar-refractivity contribution in [2.75, 3.05) is 31.1 Å². The number of nitrogens with zero attached hydrogens (tertiary/aromatic N) is 10. The number of aromatic nitrogens is 8. The molecule has 1 saturated heterocycles. The molecule has 3 aromatic heterocycles. The number of aryl methyl sites for hydroxylation is 1. The van der Waals surface area contributed by atoms with Crippen molar-refractivity contribution < 1.29 is 0 Å². The second-order valence-electron chi connectivity index (χ2n) is 5.88. The third-order valence-electron chi connectivity index (χ3n) is 4.27. The van der Waals surface area contributed by atoms with Gasteiger partial charge in [-0.15, -0.1) is 5.10 Å². The highest BCUT2D eigenvalue weighted by atomic mass is 15.5. The topological polar surface area (TPSA) is 93.2 Å². The molecule has 0 spiro atoms. The van der Waals surface area contributed by atoms with Crippen molar-refractivity contribution >= 4 is 11.5 Å². The molecule has 126 valence electrons. The van der Waals surface area contributed by atoms with Gasteiger partial charge < -0.3 is 4.90 Å². The molecule has 0 radical (unpaired) electrons. The van der Waals surface area contributed by atoms with Crippen molar-refractivity contribution in [3.05, 3.63) is 24.5 Å². The molecule has 4 heterocycles. The van der Waals surface area contributed by atoms with Gasteiger partial charge in [-0.25, -0.2) is 9.67 Å². The quantitative estimate of drug-likeness (QED) is 0.638. The van der Waals surface area contributed by atoms with Crippen LogP contribution in [0.1, 0.15) is 19.2 Å². The number of tetrazole rings is 1. The Labute approximate surface area is 139 Å². The maximum absolute atomic E-state index is 4.29. The zero-order valence-corrected chi connectivity index (χ0v) is 13.7. The van der Waals surface area contributed by atoms with Crippen LogP contribution in [0.2, 0.25) is 0 Å². The van der Waals surface area contributed by atoms with Crippen molar-refractivity contribution in [1.29, 1.82) is 0 Å². The Kier molecular flexibility index (Phi) is 4.03. The van der Waals surface area contributed by atoms with Gasteiger partial charge in [-0.3, -0.25) is 9.88 Å². The number of hydrogen-bond donors (Lipinski definition) is 0. The largest absolute Gasteiger partial charge is 0.353 e. The van der Waals surface area contributed by atoms with E-state index in [0.717, 1.165) is 63.0 Å². The summed E-state index contributed by atoms with van der Waals surface area (Å²) >= 11 is 0. The summed E-state index contributed by atoms with van der Waals surface area (Å²) in [6, 6.07) is 0. The average molecular weight is 328 g/mol. The van der Waals surface area contributed by atoms with Crippen LogP contribution in [-0.2, 0) is 13.1 Å². The molecule has 24 heavy (non-hydrogen) atoms. The molecule has 10 nitrogen and oxygen atoms in total. The second kappa shape index (κ2) is 6.48. The van der Waals surface area contributed by atoms with E-state index in [1.807, 2.05) is 15.4 Å². The van der Waals surface area contributed by atoms with Crippen LogP contribution in [0.3, 0.4) is 0 Å². The summed E-state index contributed by atoms with van der Waals surface area (Å²) in [5, 5.41) is 16.3. The predicted molar refractivity (Wildman–Crippen MR) is 86.4 cm³/mol. The monoisotopic (exact) mass is 328 g/mol. The van der Waals surface area contributed by atoms with E-state index >= 15 is 0 Å². The molecule has 4 rings (SSSR count). The van der Waals surface area contributed by atoms with Gasteiger partial charge in [0.2, 0.25) is 0 Å². The molecular formula is C14H20N10. The summed E-state index contributed by atoms with van der Waals surface area (Å²) in [7, 11) is 0. The standard InChI is InChI=1S/C14H20N10/c1-2-3-23-13(18-19-20-23)10-21-4-6-22(7-5-21)14-9-15-8-12-16-11-17-24(12)14/h8-9,11H,2-7,10H2,1H3. The first kappa shape index (κ1) is 14.9. The highest BCUT2D eigenvalue weighted by Crippen LogP contribution is 2.16. The van der Waals surface area contributed by atoms with Gasteiger partial charge in [0.1, 0.15) is 6.33 Å². The van der Waals surface area contributed by atoms with Gasteiger partial charge in [-0.2, -0.15) is 9.61 Å². The number of anilines is 1. The van der Waals surface area contributed by atoms with Gasteiger partial charge in [0.25, 0.3) is 0 Å². The molecule has 3 aromatic rings. The fraction of sp³-hybridized carbons (Fsp3) is 0.571. The molecular weight excluding hydrogens is 308 g/mol. The lowest BCUT2D eigenvalue weighted by Gasteiger charge is -2.35. The minimum atomic E-state index is 0.772. The van der Waals surface area contributed by atoms with E-state index in [1.54, 1.807) is 12.5 Å². The number of piperazine rings is 1. The molecule has 1 aliphatic heterocycles. The molecule has 1 aliphatic rings. The summed E-state index contributed by atoms with van der Waals surface area (Å²) < 4.78 is 3.73. The Morgan fingerprint density at radius 3 is 2.83 bits per heavy atom. The van der Waals surface area contributed by atoms with Crippen LogP contribution in [-0.4, -0.2) is 70.9 Å². The van der Waals surface area contributed by atoms with Gasteiger partial charge in [0.15, 0.2) is 17.3 Å². The Balaban J connectivity index is 1.42. The summed E-state index contributed by atoms with van der Waals surface area (Å²) in [6.45, 7) is 7.50. The second-order valence-corrected chi connectivity index (χ2v) is 5.88. The van der Waals surface area contributed by atoms with E-state index < -0.39 is 0 Å². The van der Waals surface area contributed by atoms with Crippen molar-refractivity contribution in [3.8, 4) is 0 Å². The molecule has 0 bridgehead atoms. The van der Waals surface area contributed by atoms with E-state index in [0.29, 0.717) is 0 Å². The minimum Gasteiger partial charge on any atom is -0.353 e. The molecule has 0 unspecified atom stereocenters. The molecule has 1 fully saturated rings. The minimum absolute atomic E-state index is 0.772. The highest BCUT2D eigenvalue weighted by Gasteiger charge is 2.21. The zero-order chi connectivity index (χ0) is 16.4. The molecule has 0 saturated carbocycles. The van der Waals surface area contributed by atoms with Gasteiger partial charge in [0.05, 0.1) is 18.9 Å². The maximum Gasteiger partial charge on any atom is 0.175 e. The average Bonchev–Trinajstić information content (AvgIpc) is 3.25. The van der Waals surface area contributed by atoms with Gasteiger partial charge in [-0.05, 0) is 16.8 Å². The Morgan fingerprint density at radius 1 is 1.12 bits per heavy atom. The molecule has 0 amide bonds. The number of fused-ring (bicyclic) bond motifs is 1. The maximum atomic E-state index is 4.29. The Bertz CT molecular complexity index is 801. The third-order valence-corrected chi connectivity index (χ3v) is 4.27. The summed E-state index contributed by atoms with van der Waals surface area (Å²) in [6.07, 6.45) is 6.16. The fourth-order valence-corrected chi connectivity index (χ4v) is 3.01. The Morgan fingerprint density at radius 2 is 2.00 bits per heavy atom. The lowest BCUT2D eigenvalue weighted by atomic mass is 10.3. The van der Waals surface area contributed by atoms with Crippen molar-refractivity contribution in [2.24, 2.45) is 0 Å². The van der Waals surface area contributed by atoms with E-state index in [9.17, 15) is 0 Å². The van der Waals surface area contributed by atoms with Gasteiger partial charge in [0, 0.05) is 32.7 Å². The summed E-state index contributed by atoms with van der Waals surface area (Å²) in [5.41, 5.74) is 0.772. The highest BCUT2D eigenvalue weighted by molar-refractivity contribution is 5.46. The van der Waals surface area contributed by atoms with Crippen molar-refractivity contribution in [3.63, 3.8) is 0 Å². The smallest absolute Gasteiger partial charge is 0.175 e. The van der Waals surface area contributed by atoms with E-state index in [4.69, 9.17) is 0 Å². The zero-order valence-electron chi connectivity index (χ0n) is 13.7. The normalized spacial score (nSPS) is 16.1. The fourth-order valence-electron chi connectivity index (χ4n) is 3.01. The molecule has 10 heteroatoms. The van der Waals surface area contributed by atoms with Gasteiger partial charge in [-0.1, -0.05) is 6.92 Å².